The van der Waals surface area contributed by atoms with Crippen molar-refractivity contribution in [3.8, 4) is 0 Å². The maximum atomic E-state index is 6.05. The highest BCUT2D eigenvalue weighted by molar-refractivity contribution is 6.28. The van der Waals surface area contributed by atoms with Crippen LogP contribution in [-0.2, 0) is 0 Å². The molecule has 118 valence electrons. The van der Waals surface area contributed by atoms with Crippen molar-refractivity contribution < 1.29 is 0 Å². The lowest BCUT2D eigenvalue weighted by molar-refractivity contribution is 0.501. The average Bonchev–Trinajstić information content (AvgIpc) is 2.65. The summed E-state index contributed by atoms with van der Waals surface area (Å²) in [6.45, 7) is 8.22. The Morgan fingerprint density at radius 3 is 2.57 bits per heavy atom. The molecule has 0 aromatic carbocycles. The van der Waals surface area contributed by atoms with Crippen LogP contribution in [0.4, 0.5) is 11.9 Å². The van der Waals surface area contributed by atoms with Crippen LogP contribution < -0.4 is 10.2 Å². The second-order valence-corrected chi connectivity index (χ2v) is 6.19. The number of hydrogen-bond acceptors (Lipinski definition) is 5. The second-order valence-electron chi connectivity index (χ2n) is 5.86. The lowest BCUT2D eigenvalue weighted by atomic mass is 10.0. The third kappa shape index (κ3) is 4.70. The number of rotatable bonds is 5. The Kier molecular flexibility index (Phi) is 6.03. The monoisotopic (exact) mass is 311 g/mol. The minimum absolute atomic E-state index is 0.261. The molecule has 1 aliphatic rings. The van der Waals surface area contributed by atoms with Crippen LogP contribution in [0.2, 0.25) is 5.28 Å². The van der Waals surface area contributed by atoms with E-state index in [4.69, 9.17) is 11.6 Å². The SMILES string of the molecule is CCN(CC)c1nc(Cl)nc(NC2CCCC(C)CC2)n1. The van der Waals surface area contributed by atoms with Crippen LogP contribution in [0, 0.1) is 5.92 Å². The zero-order valence-electron chi connectivity index (χ0n) is 13.3. The van der Waals surface area contributed by atoms with Gasteiger partial charge in [0.25, 0.3) is 0 Å². The minimum atomic E-state index is 0.261. The molecule has 1 heterocycles. The van der Waals surface area contributed by atoms with E-state index in [2.05, 4.69) is 45.9 Å². The maximum absolute atomic E-state index is 6.05. The lowest BCUT2D eigenvalue weighted by Crippen LogP contribution is -2.26. The highest BCUT2D eigenvalue weighted by Crippen LogP contribution is 2.24. The Morgan fingerprint density at radius 1 is 1.10 bits per heavy atom. The molecule has 0 radical (unpaired) electrons. The predicted molar refractivity (Wildman–Crippen MR) is 88.1 cm³/mol. The molecule has 1 aromatic heterocycles. The van der Waals surface area contributed by atoms with E-state index in [0.717, 1.165) is 19.0 Å². The van der Waals surface area contributed by atoms with Crippen molar-refractivity contribution in [2.75, 3.05) is 23.3 Å². The molecule has 5 nitrogen and oxygen atoms in total. The van der Waals surface area contributed by atoms with Gasteiger partial charge in [0.2, 0.25) is 17.2 Å². The molecule has 1 aromatic rings. The number of aromatic nitrogens is 3. The van der Waals surface area contributed by atoms with Crippen LogP contribution in [0.25, 0.3) is 0 Å². The van der Waals surface area contributed by atoms with Crippen LogP contribution in [0.5, 0.6) is 0 Å². The van der Waals surface area contributed by atoms with E-state index >= 15 is 0 Å². The molecule has 1 saturated carbocycles. The molecule has 2 rings (SSSR count). The van der Waals surface area contributed by atoms with Gasteiger partial charge in [-0.05, 0) is 50.6 Å². The standard InChI is InChI=1S/C15H26ClN5/c1-4-21(5-2)15-19-13(16)18-14(20-15)17-12-8-6-7-11(3)9-10-12/h11-12H,4-10H2,1-3H3,(H,17,18,19,20). The van der Waals surface area contributed by atoms with Crippen LogP contribution in [0.1, 0.15) is 52.9 Å². The first-order chi connectivity index (χ1) is 10.1. The van der Waals surface area contributed by atoms with E-state index in [1.807, 2.05) is 0 Å². The fourth-order valence-corrected chi connectivity index (χ4v) is 3.02. The second kappa shape index (κ2) is 7.78. The molecule has 0 amide bonds. The molecular formula is C15H26ClN5. The van der Waals surface area contributed by atoms with Gasteiger partial charge in [-0.3, -0.25) is 0 Å². The lowest BCUT2D eigenvalue weighted by Gasteiger charge is -2.20. The van der Waals surface area contributed by atoms with Gasteiger partial charge in [-0.2, -0.15) is 15.0 Å². The van der Waals surface area contributed by atoms with Gasteiger partial charge in [0.05, 0.1) is 0 Å². The van der Waals surface area contributed by atoms with E-state index < -0.39 is 0 Å². The molecule has 0 aliphatic heterocycles. The Labute approximate surface area is 132 Å². The summed E-state index contributed by atoms with van der Waals surface area (Å²) in [6, 6.07) is 0.443. The predicted octanol–water partition coefficient (Wildman–Crippen LogP) is 3.75. The number of nitrogens with one attached hydrogen (secondary N) is 1. The van der Waals surface area contributed by atoms with Crippen molar-refractivity contribution in [1.29, 1.82) is 0 Å². The van der Waals surface area contributed by atoms with Crippen LogP contribution in [0.15, 0.2) is 0 Å². The zero-order valence-corrected chi connectivity index (χ0v) is 14.0. The molecule has 21 heavy (non-hydrogen) atoms. The summed E-state index contributed by atoms with van der Waals surface area (Å²) >= 11 is 6.05. The Morgan fingerprint density at radius 2 is 1.86 bits per heavy atom. The number of nitrogens with zero attached hydrogens (tertiary/aromatic N) is 4. The smallest absolute Gasteiger partial charge is 0.231 e. The molecule has 1 N–H and O–H groups in total. The van der Waals surface area contributed by atoms with Gasteiger partial charge in [-0.15, -0.1) is 0 Å². The number of halogens is 1. The quantitative estimate of drug-likeness (QED) is 0.839. The fourth-order valence-electron chi connectivity index (χ4n) is 2.87. The molecule has 6 heteroatoms. The third-order valence-corrected chi connectivity index (χ3v) is 4.40. The molecule has 0 saturated heterocycles. The Bertz CT molecular complexity index is 450. The highest BCUT2D eigenvalue weighted by Gasteiger charge is 2.18. The molecule has 2 unspecified atom stereocenters. The summed E-state index contributed by atoms with van der Waals surface area (Å²) in [6.07, 6.45) is 6.19. The van der Waals surface area contributed by atoms with E-state index in [1.54, 1.807) is 0 Å². The summed E-state index contributed by atoms with van der Waals surface area (Å²) in [4.78, 5) is 15.1. The molecule has 1 fully saturated rings. The van der Waals surface area contributed by atoms with Crippen molar-refractivity contribution in [2.45, 2.75) is 58.9 Å². The van der Waals surface area contributed by atoms with Crippen LogP contribution in [-0.4, -0.2) is 34.1 Å². The Hall–Kier alpha value is -1.10. The molecule has 2 atom stereocenters. The van der Waals surface area contributed by atoms with E-state index in [9.17, 15) is 0 Å². The number of hydrogen-bond donors (Lipinski definition) is 1. The Balaban J connectivity index is 2.08. The van der Waals surface area contributed by atoms with Gasteiger partial charge in [0, 0.05) is 19.1 Å². The third-order valence-electron chi connectivity index (χ3n) is 4.23. The van der Waals surface area contributed by atoms with Crippen molar-refractivity contribution >= 4 is 23.5 Å². The zero-order chi connectivity index (χ0) is 15.2. The van der Waals surface area contributed by atoms with Crippen molar-refractivity contribution in [3.63, 3.8) is 0 Å². The first-order valence-electron chi connectivity index (χ1n) is 8.05. The highest BCUT2D eigenvalue weighted by atomic mass is 35.5. The van der Waals surface area contributed by atoms with Gasteiger partial charge >= 0.3 is 0 Å². The first kappa shape index (κ1) is 16.3. The van der Waals surface area contributed by atoms with E-state index in [1.165, 1.54) is 32.1 Å². The summed E-state index contributed by atoms with van der Waals surface area (Å²) in [5.41, 5.74) is 0. The van der Waals surface area contributed by atoms with Gasteiger partial charge in [0.1, 0.15) is 0 Å². The van der Waals surface area contributed by atoms with Gasteiger partial charge in [-0.1, -0.05) is 19.8 Å². The first-order valence-corrected chi connectivity index (χ1v) is 8.43. The average molecular weight is 312 g/mol. The maximum Gasteiger partial charge on any atom is 0.231 e. The van der Waals surface area contributed by atoms with E-state index in [0.29, 0.717) is 17.9 Å². The van der Waals surface area contributed by atoms with Gasteiger partial charge < -0.3 is 10.2 Å². The minimum Gasteiger partial charge on any atom is -0.351 e. The van der Waals surface area contributed by atoms with Crippen molar-refractivity contribution in [1.82, 2.24) is 15.0 Å². The van der Waals surface area contributed by atoms with Crippen molar-refractivity contribution in [2.24, 2.45) is 5.92 Å². The van der Waals surface area contributed by atoms with Gasteiger partial charge in [-0.25, -0.2) is 0 Å². The summed E-state index contributed by atoms with van der Waals surface area (Å²) in [5.74, 6) is 2.09. The summed E-state index contributed by atoms with van der Waals surface area (Å²) in [5, 5.41) is 3.71. The summed E-state index contributed by atoms with van der Waals surface area (Å²) < 4.78 is 0. The fraction of sp³-hybridized carbons (Fsp3) is 0.800. The van der Waals surface area contributed by atoms with Crippen LogP contribution >= 0.6 is 11.6 Å². The van der Waals surface area contributed by atoms with E-state index in [-0.39, 0.29) is 5.28 Å². The number of anilines is 2. The normalized spacial score (nSPS) is 22.7. The molecular weight excluding hydrogens is 286 g/mol. The van der Waals surface area contributed by atoms with Gasteiger partial charge in [0.15, 0.2) is 0 Å². The molecule has 1 aliphatic carbocycles. The topological polar surface area (TPSA) is 53.9 Å². The largest absolute Gasteiger partial charge is 0.351 e. The van der Waals surface area contributed by atoms with Crippen molar-refractivity contribution in [3.05, 3.63) is 5.28 Å². The van der Waals surface area contributed by atoms with Crippen LogP contribution in [0.3, 0.4) is 0 Å². The summed E-state index contributed by atoms with van der Waals surface area (Å²) in [7, 11) is 0. The molecule has 0 bridgehead atoms. The molecule has 0 spiro atoms.